The van der Waals surface area contributed by atoms with Crippen LogP contribution < -0.4 is 9.64 Å². The summed E-state index contributed by atoms with van der Waals surface area (Å²) in [6.07, 6.45) is 6.75. The molecule has 192 valence electrons. The van der Waals surface area contributed by atoms with Crippen LogP contribution in [0.25, 0.3) is 0 Å². The van der Waals surface area contributed by atoms with E-state index in [0.717, 1.165) is 0 Å². The zero-order valence-corrected chi connectivity index (χ0v) is 21.0. The molecule has 0 radical (unpaired) electrons. The molecule has 3 amide bonds. The molecule has 1 spiro atoms. The minimum atomic E-state index is -1.31. The van der Waals surface area contributed by atoms with E-state index in [4.69, 9.17) is 9.47 Å². The highest BCUT2D eigenvalue weighted by Gasteiger charge is 2.72. The Bertz CT molecular complexity index is 1120. The van der Waals surface area contributed by atoms with Crippen LogP contribution in [0.3, 0.4) is 0 Å². The van der Waals surface area contributed by atoms with Gasteiger partial charge in [0.05, 0.1) is 37.7 Å². The van der Waals surface area contributed by atoms with Crippen molar-refractivity contribution >= 4 is 23.4 Å². The molecule has 36 heavy (non-hydrogen) atoms. The van der Waals surface area contributed by atoms with E-state index >= 15 is 0 Å². The molecule has 9 heteroatoms. The number of hydrogen-bond acceptors (Lipinski definition) is 6. The van der Waals surface area contributed by atoms with Crippen LogP contribution in [0.5, 0.6) is 5.75 Å². The number of carbonyl (C=O) groups is 3. The van der Waals surface area contributed by atoms with E-state index in [0.29, 0.717) is 18.0 Å². The molecule has 1 N–H and O–H groups in total. The molecule has 9 nitrogen and oxygen atoms in total. The lowest BCUT2D eigenvalue weighted by Crippen LogP contribution is -2.59. The molecule has 1 aromatic carbocycles. The van der Waals surface area contributed by atoms with Crippen LogP contribution in [-0.2, 0) is 19.1 Å². The number of fused-ring (bicyclic) bond motifs is 2. The molecular formula is C27H33N3O6. The highest BCUT2D eigenvalue weighted by molar-refractivity contribution is 6.06. The maximum absolute atomic E-state index is 14.3. The Kier molecular flexibility index (Phi) is 6.16. The van der Waals surface area contributed by atoms with Gasteiger partial charge in [-0.3, -0.25) is 14.4 Å². The summed E-state index contributed by atoms with van der Waals surface area (Å²) in [4.78, 5) is 46.6. The van der Waals surface area contributed by atoms with E-state index in [1.165, 1.54) is 4.90 Å². The van der Waals surface area contributed by atoms with Crippen molar-refractivity contribution in [3.8, 4) is 5.75 Å². The van der Waals surface area contributed by atoms with Crippen molar-refractivity contribution in [3.05, 3.63) is 48.6 Å². The quantitative estimate of drug-likeness (QED) is 0.617. The van der Waals surface area contributed by atoms with Gasteiger partial charge in [-0.2, -0.15) is 0 Å². The van der Waals surface area contributed by atoms with E-state index in [-0.39, 0.29) is 36.8 Å². The maximum atomic E-state index is 14.3. The Morgan fingerprint density at radius 3 is 2.44 bits per heavy atom. The molecule has 2 saturated heterocycles. The van der Waals surface area contributed by atoms with Crippen LogP contribution in [-0.4, -0.2) is 90.3 Å². The van der Waals surface area contributed by atoms with Gasteiger partial charge in [-0.1, -0.05) is 38.2 Å². The molecule has 4 heterocycles. The van der Waals surface area contributed by atoms with Crippen LogP contribution in [0.4, 0.5) is 5.69 Å². The van der Waals surface area contributed by atoms with Crippen LogP contribution in [0.2, 0.25) is 0 Å². The molecule has 0 aromatic heterocycles. The van der Waals surface area contributed by atoms with E-state index in [9.17, 15) is 19.5 Å². The number of anilines is 1. The van der Waals surface area contributed by atoms with Crippen molar-refractivity contribution in [1.82, 2.24) is 9.80 Å². The number of methoxy groups -OCH3 is 1. The van der Waals surface area contributed by atoms with E-state index in [1.54, 1.807) is 48.2 Å². The van der Waals surface area contributed by atoms with Gasteiger partial charge in [-0.25, -0.2) is 0 Å². The second kappa shape index (κ2) is 9.05. The molecule has 4 aliphatic heterocycles. The number of benzene rings is 1. The van der Waals surface area contributed by atoms with Gasteiger partial charge >= 0.3 is 0 Å². The number of aliphatic hydroxyl groups is 1. The standard InChI is InChI=1S/C27H33N3O6/c1-16(2)19(15-31)30-23-26(34)29(17-8-10-18(35-4)11-9-17)14-6-12-27(23)22(25(30)33)21-20(36-27)7-5-13-28(3)24(21)32/h5-12,16,19-23,31H,13-15H2,1-4H3/t19-,20+,21-,22-,23?,27-/m0/s1. The van der Waals surface area contributed by atoms with Crippen LogP contribution >= 0.6 is 0 Å². The van der Waals surface area contributed by atoms with E-state index < -0.39 is 35.6 Å². The molecule has 0 bridgehead atoms. The summed E-state index contributed by atoms with van der Waals surface area (Å²) in [6.45, 7) is 4.23. The van der Waals surface area contributed by atoms with Crippen molar-refractivity contribution in [2.45, 2.75) is 37.6 Å². The zero-order chi connectivity index (χ0) is 25.8. The number of amides is 3. The van der Waals surface area contributed by atoms with Crippen molar-refractivity contribution in [2.24, 2.45) is 17.8 Å². The number of aliphatic hydroxyl groups excluding tert-OH is 1. The van der Waals surface area contributed by atoms with Gasteiger partial charge < -0.3 is 29.3 Å². The molecule has 0 saturated carbocycles. The summed E-state index contributed by atoms with van der Waals surface area (Å²) in [5.74, 6) is -1.87. The Morgan fingerprint density at radius 2 is 1.81 bits per heavy atom. The molecular weight excluding hydrogens is 462 g/mol. The Balaban J connectivity index is 1.64. The second-order valence-electron chi connectivity index (χ2n) is 10.3. The first-order valence-electron chi connectivity index (χ1n) is 12.4. The average molecular weight is 496 g/mol. The van der Waals surface area contributed by atoms with Crippen molar-refractivity contribution in [1.29, 1.82) is 0 Å². The van der Waals surface area contributed by atoms with Gasteiger partial charge in [-0.05, 0) is 30.2 Å². The lowest BCUT2D eigenvalue weighted by atomic mass is 9.77. The van der Waals surface area contributed by atoms with Crippen LogP contribution in [0.15, 0.2) is 48.6 Å². The predicted octanol–water partition coefficient (Wildman–Crippen LogP) is 1.22. The summed E-state index contributed by atoms with van der Waals surface area (Å²) in [5.41, 5.74) is -0.656. The number of carbonyl (C=O) groups excluding carboxylic acids is 3. The van der Waals surface area contributed by atoms with Crippen molar-refractivity contribution in [2.75, 3.05) is 38.8 Å². The summed E-state index contributed by atoms with van der Waals surface area (Å²) in [5, 5.41) is 10.3. The van der Waals surface area contributed by atoms with Crippen molar-refractivity contribution in [3.63, 3.8) is 0 Å². The second-order valence-corrected chi connectivity index (χ2v) is 10.3. The third-order valence-corrected chi connectivity index (χ3v) is 8.00. The fourth-order valence-electron chi connectivity index (χ4n) is 6.17. The van der Waals surface area contributed by atoms with E-state index in [2.05, 4.69) is 0 Å². The van der Waals surface area contributed by atoms with E-state index in [1.807, 2.05) is 38.2 Å². The lowest BCUT2D eigenvalue weighted by Gasteiger charge is -2.39. The molecule has 0 aliphatic carbocycles. The van der Waals surface area contributed by atoms with Gasteiger partial charge in [-0.15, -0.1) is 0 Å². The fourth-order valence-corrected chi connectivity index (χ4v) is 6.17. The van der Waals surface area contributed by atoms with Crippen LogP contribution in [0, 0.1) is 17.8 Å². The number of likely N-dealkylation sites (N-methyl/N-ethyl adjacent to an activating group) is 1. The SMILES string of the molecule is COc1ccc(N2CC=C[C@]34O[C@@H]5C=CCN(C)C(=O)[C@@H]5[C@H]3C(=O)N([C@@H](CO)C(C)C)C4C2=O)cc1. The van der Waals surface area contributed by atoms with Gasteiger partial charge in [0.15, 0.2) is 0 Å². The number of hydrogen-bond donors (Lipinski definition) is 1. The Hall–Kier alpha value is -3.17. The lowest BCUT2D eigenvalue weighted by molar-refractivity contribution is -0.147. The number of ether oxygens (including phenoxy) is 2. The first-order valence-corrected chi connectivity index (χ1v) is 12.4. The Morgan fingerprint density at radius 1 is 1.08 bits per heavy atom. The largest absolute Gasteiger partial charge is 0.497 e. The Labute approximate surface area is 210 Å². The summed E-state index contributed by atoms with van der Waals surface area (Å²) in [6, 6.07) is 5.54. The third kappa shape index (κ3) is 3.48. The molecule has 5 rings (SSSR count). The normalized spacial score (nSPS) is 32.4. The average Bonchev–Trinajstić information content (AvgIpc) is 3.19. The first-order chi connectivity index (χ1) is 17.2. The predicted molar refractivity (Wildman–Crippen MR) is 132 cm³/mol. The zero-order valence-electron chi connectivity index (χ0n) is 21.0. The number of nitrogens with zero attached hydrogens (tertiary/aromatic N) is 3. The summed E-state index contributed by atoms with van der Waals surface area (Å²) >= 11 is 0. The van der Waals surface area contributed by atoms with Gasteiger partial charge in [0.25, 0.3) is 5.91 Å². The number of likely N-dealkylation sites (tertiary alicyclic amines) is 1. The first kappa shape index (κ1) is 24.5. The highest BCUT2D eigenvalue weighted by Crippen LogP contribution is 2.54. The molecule has 6 atom stereocenters. The molecule has 2 fully saturated rings. The smallest absolute Gasteiger partial charge is 0.253 e. The van der Waals surface area contributed by atoms with Crippen LogP contribution in [0.1, 0.15) is 13.8 Å². The number of rotatable bonds is 5. The minimum absolute atomic E-state index is 0.118. The van der Waals surface area contributed by atoms with Gasteiger partial charge in [0.2, 0.25) is 11.8 Å². The topological polar surface area (TPSA) is 99.6 Å². The monoisotopic (exact) mass is 495 g/mol. The molecule has 1 aromatic rings. The maximum Gasteiger partial charge on any atom is 0.253 e. The minimum Gasteiger partial charge on any atom is -0.497 e. The third-order valence-electron chi connectivity index (χ3n) is 8.00. The molecule has 1 unspecified atom stereocenters. The summed E-state index contributed by atoms with van der Waals surface area (Å²) < 4.78 is 11.9. The molecule has 4 aliphatic rings. The van der Waals surface area contributed by atoms with Crippen molar-refractivity contribution < 1.29 is 29.0 Å². The van der Waals surface area contributed by atoms with Gasteiger partial charge in [0, 0.05) is 25.8 Å². The van der Waals surface area contributed by atoms with Gasteiger partial charge in [0.1, 0.15) is 17.4 Å². The highest BCUT2D eigenvalue weighted by atomic mass is 16.5. The summed E-state index contributed by atoms with van der Waals surface area (Å²) in [7, 11) is 3.28. The fraction of sp³-hybridized carbons (Fsp3) is 0.519.